The molecule has 0 aliphatic rings. The van der Waals surface area contributed by atoms with Crippen LogP contribution in [0.4, 0.5) is 17.1 Å². The topological polar surface area (TPSA) is 140 Å². The summed E-state index contributed by atoms with van der Waals surface area (Å²) < 4.78 is 72.7. The van der Waals surface area contributed by atoms with E-state index in [0.717, 1.165) is 9.87 Å². The van der Waals surface area contributed by atoms with Gasteiger partial charge in [-0.2, -0.15) is 0 Å². The third kappa shape index (κ3) is 7.36. The summed E-state index contributed by atoms with van der Waals surface area (Å²) in [4.78, 5) is 13.0. The number of benzene rings is 4. The number of carbonyl (C=O) groups is 1. The first-order valence-electron chi connectivity index (χ1n) is 13.0. The Kier molecular flexibility index (Phi) is 9.92. The van der Waals surface area contributed by atoms with Crippen LogP contribution in [0.5, 0.6) is 17.2 Å². The Morgan fingerprint density at radius 3 is 1.95 bits per heavy atom. The molecule has 14 heteroatoms. The highest BCUT2D eigenvalue weighted by molar-refractivity contribution is 7.93. The lowest BCUT2D eigenvalue weighted by atomic mass is 10.2. The molecule has 11 nitrogen and oxygen atoms in total. The van der Waals surface area contributed by atoms with Gasteiger partial charge in [-0.05, 0) is 85.3 Å². The maximum absolute atomic E-state index is 13.8. The summed E-state index contributed by atoms with van der Waals surface area (Å²) in [6.07, 6.45) is 0. The van der Waals surface area contributed by atoms with Crippen LogP contribution in [-0.2, 0) is 24.8 Å². The summed E-state index contributed by atoms with van der Waals surface area (Å²) in [6, 6.07) is 20.6. The molecule has 0 atom stereocenters. The second kappa shape index (κ2) is 13.5. The lowest BCUT2D eigenvalue weighted by Gasteiger charge is -2.24. The van der Waals surface area contributed by atoms with Gasteiger partial charge in [-0.3, -0.25) is 13.8 Å². The Morgan fingerprint density at radius 1 is 0.750 bits per heavy atom. The number of ether oxygens (including phenoxy) is 3. The molecule has 0 unspecified atom stereocenters. The van der Waals surface area contributed by atoms with Gasteiger partial charge in [0.25, 0.3) is 20.0 Å². The molecule has 4 aromatic rings. The third-order valence-electron chi connectivity index (χ3n) is 6.39. The van der Waals surface area contributed by atoms with Gasteiger partial charge in [0.15, 0.2) is 11.5 Å². The average Bonchev–Trinajstić information content (AvgIpc) is 3.00. The standard InChI is InChI=1S/C30H30ClN3O8S2/c1-20-5-15-27(40-2)26(17-20)33-43(36,37)24-12-8-22(9-13-24)32-30(35)19-34(23-10-6-21(31)7-11-23)44(38,39)25-14-16-28(41-3)29(18-25)42-4/h5-18,33H,19H2,1-4H3,(H,32,35). The smallest absolute Gasteiger partial charge is 0.264 e. The van der Waals surface area contributed by atoms with Crippen LogP contribution in [0.25, 0.3) is 0 Å². The minimum Gasteiger partial charge on any atom is -0.495 e. The molecule has 4 rings (SSSR count). The van der Waals surface area contributed by atoms with Gasteiger partial charge in [0.05, 0.1) is 42.5 Å². The largest absolute Gasteiger partial charge is 0.495 e. The summed E-state index contributed by atoms with van der Waals surface area (Å²) in [5, 5.41) is 3.00. The lowest BCUT2D eigenvalue weighted by molar-refractivity contribution is -0.114. The van der Waals surface area contributed by atoms with Gasteiger partial charge < -0.3 is 19.5 Å². The molecule has 0 saturated heterocycles. The molecule has 232 valence electrons. The second-order valence-corrected chi connectivity index (χ2v) is 13.4. The molecular weight excluding hydrogens is 630 g/mol. The van der Waals surface area contributed by atoms with Crippen LogP contribution in [0.1, 0.15) is 5.56 Å². The number of carbonyl (C=O) groups excluding carboxylic acids is 1. The fourth-order valence-corrected chi connectivity index (χ4v) is 6.80. The van der Waals surface area contributed by atoms with Crippen molar-refractivity contribution >= 4 is 54.6 Å². The second-order valence-electron chi connectivity index (χ2n) is 9.39. The number of nitrogens with one attached hydrogen (secondary N) is 2. The van der Waals surface area contributed by atoms with E-state index in [1.807, 2.05) is 6.92 Å². The molecule has 0 saturated carbocycles. The molecule has 4 aromatic carbocycles. The molecule has 0 bridgehead atoms. The summed E-state index contributed by atoms with van der Waals surface area (Å²) in [5.41, 5.74) is 1.56. The molecular formula is C30H30ClN3O8S2. The number of amides is 1. The fourth-order valence-electron chi connectivity index (χ4n) is 4.18. The Labute approximate surface area is 261 Å². The highest BCUT2D eigenvalue weighted by atomic mass is 35.5. The van der Waals surface area contributed by atoms with Crippen molar-refractivity contribution in [1.82, 2.24) is 0 Å². The quantitative estimate of drug-likeness (QED) is 0.209. The van der Waals surface area contributed by atoms with Crippen LogP contribution >= 0.6 is 11.6 Å². The van der Waals surface area contributed by atoms with E-state index in [9.17, 15) is 21.6 Å². The van der Waals surface area contributed by atoms with Gasteiger partial charge in [-0.1, -0.05) is 17.7 Å². The van der Waals surface area contributed by atoms with Crippen molar-refractivity contribution < 1.29 is 35.8 Å². The minimum absolute atomic E-state index is 0.0575. The normalized spacial score (nSPS) is 11.4. The summed E-state index contributed by atoms with van der Waals surface area (Å²) in [5.74, 6) is 0.207. The number of methoxy groups -OCH3 is 3. The van der Waals surface area contributed by atoms with Gasteiger partial charge >= 0.3 is 0 Å². The SMILES string of the molecule is COc1ccc(C)cc1NS(=O)(=O)c1ccc(NC(=O)CN(c2ccc(Cl)cc2)S(=O)(=O)c2ccc(OC)c(OC)c2)cc1. The Morgan fingerprint density at radius 2 is 1.34 bits per heavy atom. The monoisotopic (exact) mass is 659 g/mol. The first kappa shape index (κ1) is 32.5. The first-order chi connectivity index (χ1) is 20.9. The van der Waals surface area contributed by atoms with Crippen molar-refractivity contribution in [3.8, 4) is 17.2 Å². The summed E-state index contributed by atoms with van der Waals surface area (Å²) >= 11 is 6.01. The highest BCUT2D eigenvalue weighted by Gasteiger charge is 2.28. The molecule has 44 heavy (non-hydrogen) atoms. The van der Waals surface area contributed by atoms with E-state index in [4.69, 9.17) is 25.8 Å². The molecule has 0 heterocycles. The number of rotatable bonds is 12. The molecule has 0 radical (unpaired) electrons. The molecule has 1 amide bonds. The van der Waals surface area contributed by atoms with Crippen LogP contribution in [-0.4, -0.2) is 50.6 Å². The number of sulfonamides is 2. The first-order valence-corrected chi connectivity index (χ1v) is 16.3. The third-order valence-corrected chi connectivity index (χ3v) is 9.80. The van der Waals surface area contributed by atoms with Gasteiger partial charge in [0.2, 0.25) is 5.91 Å². The lowest BCUT2D eigenvalue weighted by Crippen LogP contribution is -2.38. The van der Waals surface area contributed by atoms with Crippen LogP contribution in [0.3, 0.4) is 0 Å². The maximum atomic E-state index is 13.8. The van der Waals surface area contributed by atoms with Gasteiger partial charge in [-0.25, -0.2) is 16.8 Å². The van der Waals surface area contributed by atoms with E-state index in [0.29, 0.717) is 16.5 Å². The number of nitrogens with zero attached hydrogens (tertiary/aromatic N) is 1. The van der Waals surface area contributed by atoms with Crippen LogP contribution in [0.15, 0.2) is 94.7 Å². The zero-order chi connectivity index (χ0) is 32.1. The highest BCUT2D eigenvalue weighted by Crippen LogP contribution is 2.33. The van der Waals surface area contributed by atoms with Gasteiger partial charge in [0, 0.05) is 16.8 Å². The zero-order valence-corrected chi connectivity index (χ0v) is 26.6. The Balaban J connectivity index is 1.56. The van der Waals surface area contributed by atoms with E-state index < -0.39 is 32.5 Å². The van der Waals surface area contributed by atoms with E-state index in [1.165, 1.54) is 88.1 Å². The van der Waals surface area contributed by atoms with E-state index in [1.54, 1.807) is 18.2 Å². The molecule has 0 spiro atoms. The predicted octanol–water partition coefficient (Wildman–Crippen LogP) is 5.31. The molecule has 0 aromatic heterocycles. The predicted molar refractivity (Wildman–Crippen MR) is 169 cm³/mol. The van der Waals surface area contributed by atoms with Crippen molar-refractivity contribution in [3.63, 3.8) is 0 Å². The molecule has 2 N–H and O–H groups in total. The molecule has 0 fully saturated rings. The summed E-state index contributed by atoms with van der Waals surface area (Å²) in [7, 11) is -4.02. The van der Waals surface area contributed by atoms with Crippen molar-refractivity contribution in [2.45, 2.75) is 16.7 Å². The maximum Gasteiger partial charge on any atom is 0.264 e. The zero-order valence-electron chi connectivity index (χ0n) is 24.2. The van der Waals surface area contributed by atoms with Crippen LogP contribution in [0.2, 0.25) is 5.02 Å². The van der Waals surface area contributed by atoms with Crippen molar-refractivity contribution in [2.24, 2.45) is 0 Å². The number of hydrogen-bond acceptors (Lipinski definition) is 8. The molecule has 0 aliphatic heterocycles. The number of hydrogen-bond donors (Lipinski definition) is 2. The van der Waals surface area contributed by atoms with Gasteiger partial charge in [-0.15, -0.1) is 0 Å². The Hall–Kier alpha value is -4.46. The van der Waals surface area contributed by atoms with E-state index in [-0.39, 0.29) is 32.6 Å². The van der Waals surface area contributed by atoms with Gasteiger partial charge in [0.1, 0.15) is 12.3 Å². The number of halogens is 1. The van der Waals surface area contributed by atoms with E-state index in [2.05, 4.69) is 10.0 Å². The van der Waals surface area contributed by atoms with Crippen molar-refractivity contribution in [1.29, 1.82) is 0 Å². The number of aryl methyl sites for hydroxylation is 1. The Bertz CT molecular complexity index is 1870. The molecule has 0 aliphatic carbocycles. The van der Waals surface area contributed by atoms with Crippen LogP contribution < -0.4 is 28.6 Å². The summed E-state index contributed by atoms with van der Waals surface area (Å²) in [6.45, 7) is 1.22. The van der Waals surface area contributed by atoms with Crippen LogP contribution in [0, 0.1) is 6.92 Å². The average molecular weight is 660 g/mol. The van der Waals surface area contributed by atoms with Crippen molar-refractivity contribution in [2.75, 3.05) is 42.2 Å². The van der Waals surface area contributed by atoms with E-state index >= 15 is 0 Å². The minimum atomic E-state index is -4.28. The fraction of sp³-hybridized carbons (Fsp3) is 0.167. The number of anilines is 3. The van der Waals surface area contributed by atoms with Crippen molar-refractivity contribution in [3.05, 3.63) is 95.5 Å².